The molecule has 1 amide bonds. The zero-order valence-corrected chi connectivity index (χ0v) is 29.4. The van der Waals surface area contributed by atoms with Crippen LogP contribution in [-0.4, -0.2) is 79.3 Å². The molecule has 272 valence electrons. The summed E-state index contributed by atoms with van der Waals surface area (Å²) in [6, 6.07) is 11.5. The van der Waals surface area contributed by atoms with E-state index in [9.17, 15) is 19.4 Å². The van der Waals surface area contributed by atoms with Gasteiger partial charge in [0.05, 0.1) is 24.8 Å². The minimum Gasteiger partial charge on any atom is -0.489 e. The molecule has 2 N–H and O–H groups in total. The Bertz CT molecular complexity index is 1530. The molecule has 1 heterocycles. The minimum atomic E-state index is -1.35. The molecule has 50 heavy (non-hydrogen) atoms. The monoisotopic (exact) mass is 694 g/mol. The van der Waals surface area contributed by atoms with E-state index in [2.05, 4.69) is 17.8 Å². The molecule has 2 aliphatic carbocycles. The first-order valence-electron chi connectivity index (χ1n) is 17.7. The van der Waals surface area contributed by atoms with E-state index < -0.39 is 23.8 Å². The van der Waals surface area contributed by atoms with Gasteiger partial charge in [-0.3, -0.25) is 0 Å². The summed E-state index contributed by atoms with van der Waals surface area (Å²) in [5.41, 5.74) is 3.00. The molecule has 6 atom stereocenters. The number of fused-ring (bicyclic) bond motifs is 2. The predicted molar refractivity (Wildman–Crippen MR) is 187 cm³/mol. The molecule has 3 aliphatic rings. The molecule has 0 bridgehead atoms. The van der Waals surface area contributed by atoms with Gasteiger partial charge >= 0.3 is 6.09 Å². The molecule has 0 unspecified atom stereocenters. The second-order valence-electron chi connectivity index (χ2n) is 13.1. The summed E-state index contributed by atoms with van der Waals surface area (Å²) in [4.78, 5) is 20.3. The number of rotatable bonds is 17. The van der Waals surface area contributed by atoms with Crippen LogP contribution in [0.1, 0.15) is 68.9 Å². The molecule has 1 fully saturated rings. The first-order valence-corrected chi connectivity index (χ1v) is 17.7. The number of hydrogen-bond donors (Lipinski definition) is 2. The fraction of sp³-hybridized carbons (Fsp3) is 0.538. The first kappa shape index (κ1) is 37.3. The number of halogens is 1. The summed E-state index contributed by atoms with van der Waals surface area (Å²) < 4.78 is 40.0. The maximum Gasteiger partial charge on any atom is 0.409 e. The maximum atomic E-state index is 14.5. The molecule has 2 aromatic carbocycles. The lowest BCUT2D eigenvalue weighted by Crippen LogP contribution is -2.69. The van der Waals surface area contributed by atoms with E-state index in [1.165, 1.54) is 18.1 Å². The Balaban J connectivity index is 1.71. The highest BCUT2D eigenvalue weighted by atomic mass is 19.1. The van der Waals surface area contributed by atoms with Crippen molar-refractivity contribution >= 4 is 11.8 Å². The third-order valence-electron chi connectivity index (χ3n) is 10.2. The number of nitrogens with zero attached hydrogens (tertiary/aromatic N) is 2. The number of allylic oxidation sites excluding steroid dienone is 1. The van der Waals surface area contributed by atoms with Crippen LogP contribution in [0.2, 0.25) is 0 Å². The molecule has 2 aromatic rings. The van der Waals surface area contributed by atoms with Crippen LogP contribution in [0.25, 0.3) is 0 Å². The van der Waals surface area contributed by atoms with Crippen molar-refractivity contribution < 1.29 is 43.2 Å². The number of carbonyl (C=O) groups excluding carboxylic acids is 1. The van der Waals surface area contributed by atoms with Crippen molar-refractivity contribution in [2.24, 2.45) is 22.9 Å². The summed E-state index contributed by atoms with van der Waals surface area (Å²) in [5.74, 6) is -0.979. The van der Waals surface area contributed by atoms with E-state index in [0.29, 0.717) is 35.6 Å². The lowest BCUT2D eigenvalue weighted by atomic mass is 9.55. The number of carbonyl (C=O) groups is 1. The zero-order valence-electron chi connectivity index (χ0n) is 29.4. The molecule has 11 heteroatoms. The molecule has 0 saturated heterocycles. The van der Waals surface area contributed by atoms with Crippen LogP contribution in [-0.2, 0) is 20.9 Å². The number of unbranched alkanes of at least 4 members (excludes halogenated alkanes) is 2. The van der Waals surface area contributed by atoms with E-state index in [4.69, 9.17) is 23.8 Å². The Morgan fingerprint density at radius 3 is 2.60 bits per heavy atom. The lowest BCUT2D eigenvalue weighted by molar-refractivity contribution is -0.253. The molecular formula is C39H51FN2O8. The van der Waals surface area contributed by atoms with Crippen LogP contribution in [0.4, 0.5) is 9.18 Å². The molecule has 0 spiro atoms. The number of oxime groups is 1. The van der Waals surface area contributed by atoms with E-state index in [-0.39, 0.29) is 63.0 Å². The normalized spacial score (nSPS) is 25.8. The van der Waals surface area contributed by atoms with E-state index >= 15 is 0 Å². The highest BCUT2D eigenvalue weighted by Gasteiger charge is 2.65. The van der Waals surface area contributed by atoms with Gasteiger partial charge in [-0.25, -0.2) is 9.18 Å². The minimum absolute atomic E-state index is 0.0543. The standard InChI is InChI=1S/C39H51FN2O8/c1-5-21-49-39-35(42(3)38(45)47-6-2)24-33(41-46-4)30-22-26(13-9-11-19-43)29(15-10-12-20-44)36(37(30)39)31-23-28(17-18-34(31)50-39)48-25-27-14-7-8-16-32(27)40/h5,7-8,14,16-18,22-23,26,29,35-37,43-44H,1,6,9-13,15,19-21,24-25H2,2-4H3/t26-,29+,35-,36+,37+,39+/m0/s1. The van der Waals surface area contributed by atoms with Crippen LogP contribution >= 0.6 is 0 Å². The highest BCUT2D eigenvalue weighted by molar-refractivity contribution is 6.02. The number of amides is 1. The second-order valence-corrected chi connectivity index (χ2v) is 13.1. The van der Waals surface area contributed by atoms with Crippen LogP contribution < -0.4 is 9.47 Å². The largest absolute Gasteiger partial charge is 0.489 e. The Morgan fingerprint density at radius 2 is 1.90 bits per heavy atom. The average Bonchev–Trinajstić information content (AvgIpc) is 3.12. The fourth-order valence-electron chi connectivity index (χ4n) is 8.06. The topological polar surface area (TPSA) is 119 Å². The van der Waals surface area contributed by atoms with Gasteiger partial charge in [0.2, 0.25) is 5.79 Å². The van der Waals surface area contributed by atoms with Crippen LogP contribution in [0, 0.1) is 23.6 Å². The quantitative estimate of drug-likeness (QED) is 0.106. The first-order chi connectivity index (χ1) is 24.3. The van der Waals surface area contributed by atoms with Gasteiger partial charge in [-0.15, -0.1) is 6.58 Å². The third-order valence-corrected chi connectivity index (χ3v) is 10.2. The van der Waals surface area contributed by atoms with Gasteiger partial charge in [0.25, 0.3) is 0 Å². The van der Waals surface area contributed by atoms with E-state index in [1.807, 2.05) is 18.2 Å². The Hall–Kier alpha value is -3.93. The van der Waals surface area contributed by atoms with Crippen molar-refractivity contribution in [3.05, 3.63) is 83.7 Å². The smallest absolute Gasteiger partial charge is 0.409 e. The number of aliphatic hydroxyl groups is 2. The van der Waals surface area contributed by atoms with Gasteiger partial charge in [-0.05, 0) is 74.3 Å². The molecule has 10 nitrogen and oxygen atoms in total. The summed E-state index contributed by atoms with van der Waals surface area (Å²) in [6.07, 6.45) is 8.34. The maximum absolute atomic E-state index is 14.5. The van der Waals surface area contributed by atoms with Gasteiger partial charge in [-0.1, -0.05) is 48.3 Å². The summed E-state index contributed by atoms with van der Waals surface area (Å²) in [5, 5.41) is 24.0. The molecule has 1 aliphatic heterocycles. The van der Waals surface area contributed by atoms with Crippen molar-refractivity contribution in [2.45, 2.75) is 76.2 Å². The third kappa shape index (κ3) is 7.70. The van der Waals surface area contributed by atoms with Crippen molar-refractivity contribution in [1.29, 1.82) is 0 Å². The number of hydrogen-bond acceptors (Lipinski definition) is 9. The van der Waals surface area contributed by atoms with Crippen molar-refractivity contribution in [3.63, 3.8) is 0 Å². The number of likely N-dealkylation sites (N-methyl/N-ethyl adjacent to an activating group) is 1. The molecular weight excluding hydrogens is 643 g/mol. The predicted octanol–water partition coefficient (Wildman–Crippen LogP) is 6.76. The van der Waals surface area contributed by atoms with Gasteiger partial charge in [-0.2, -0.15) is 0 Å². The van der Waals surface area contributed by atoms with Gasteiger partial charge in [0.15, 0.2) is 0 Å². The average molecular weight is 695 g/mol. The van der Waals surface area contributed by atoms with Crippen molar-refractivity contribution in [1.82, 2.24) is 4.90 Å². The summed E-state index contributed by atoms with van der Waals surface area (Å²) in [7, 11) is 3.20. The highest BCUT2D eigenvalue weighted by Crippen LogP contribution is 2.61. The SMILES string of the molecule is C=CCO[C@@]12Oc3ccc(OCc4ccccc4F)cc3[C@H]3[C@H](CCCCO)[C@@H](CCCCO)C=C(C(=NOC)C[C@@H]1N(C)C(=O)OCC)[C@H]32. The van der Waals surface area contributed by atoms with Crippen LogP contribution in [0.15, 0.2) is 71.9 Å². The van der Waals surface area contributed by atoms with E-state index in [1.54, 1.807) is 38.2 Å². The zero-order chi connectivity index (χ0) is 35.7. The van der Waals surface area contributed by atoms with Crippen molar-refractivity contribution in [2.75, 3.05) is 40.6 Å². The second kappa shape index (κ2) is 17.3. The number of aliphatic hydroxyl groups excluding tert-OH is 2. The van der Waals surface area contributed by atoms with Crippen molar-refractivity contribution in [3.8, 4) is 11.5 Å². The van der Waals surface area contributed by atoms with Gasteiger partial charge in [0, 0.05) is 43.7 Å². The molecule has 0 aromatic heterocycles. The Morgan fingerprint density at radius 1 is 1.14 bits per heavy atom. The number of benzene rings is 2. The van der Waals surface area contributed by atoms with Gasteiger partial charge in [0.1, 0.15) is 37.1 Å². The Kier molecular flexibility index (Phi) is 12.9. The Labute approximate surface area is 294 Å². The molecule has 1 saturated carbocycles. The van der Waals surface area contributed by atoms with Crippen LogP contribution in [0.5, 0.6) is 11.5 Å². The summed E-state index contributed by atoms with van der Waals surface area (Å²) >= 11 is 0. The summed E-state index contributed by atoms with van der Waals surface area (Å²) in [6.45, 7) is 6.31. The fourth-order valence-corrected chi connectivity index (χ4v) is 8.06. The number of ether oxygens (including phenoxy) is 4. The molecule has 5 rings (SSSR count). The van der Waals surface area contributed by atoms with Gasteiger partial charge < -0.3 is 38.9 Å². The van der Waals surface area contributed by atoms with Crippen LogP contribution in [0.3, 0.4) is 0 Å². The molecule has 0 radical (unpaired) electrons. The van der Waals surface area contributed by atoms with E-state index in [0.717, 1.165) is 36.8 Å². The lowest BCUT2D eigenvalue weighted by Gasteiger charge is -2.59.